The summed E-state index contributed by atoms with van der Waals surface area (Å²) in [6.07, 6.45) is 7.36. The smallest absolute Gasteiger partial charge is 0.319 e. The highest BCUT2D eigenvalue weighted by atomic mass is 16.5. The molecule has 1 aliphatic heterocycles. The molecule has 0 bridgehead atoms. The first kappa shape index (κ1) is 25.5. The highest BCUT2D eigenvalue weighted by Gasteiger charge is 2.11. The van der Waals surface area contributed by atoms with Crippen LogP contribution in [0.15, 0.2) is 85.2 Å². The molecular formula is C31H34N4O3. The lowest BCUT2D eigenvalue weighted by atomic mass is 10.1. The van der Waals surface area contributed by atoms with Crippen LogP contribution >= 0.6 is 0 Å². The largest absolute Gasteiger partial charge is 0.492 e. The first-order valence-corrected chi connectivity index (χ1v) is 13.3. The predicted molar refractivity (Wildman–Crippen MR) is 151 cm³/mol. The van der Waals surface area contributed by atoms with Crippen LogP contribution in [0.1, 0.15) is 30.4 Å². The van der Waals surface area contributed by atoms with Gasteiger partial charge in [-0.15, -0.1) is 0 Å². The molecule has 4 aromatic rings. The molecule has 0 unspecified atom stereocenters. The van der Waals surface area contributed by atoms with Gasteiger partial charge in [-0.05, 0) is 73.5 Å². The summed E-state index contributed by atoms with van der Waals surface area (Å²) in [5, 5.41) is 7.71. The van der Waals surface area contributed by atoms with Gasteiger partial charge in [-0.2, -0.15) is 0 Å². The number of carbonyl (C=O) groups is 1. The summed E-state index contributed by atoms with van der Waals surface area (Å²) in [5.74, 6) is 1.65. The summed E-state index contributed by atoms with van der Waals surface area (Å²) < 4.78 is 12.1. The Balaban J connectivity index is 1.15. The van der Waals surface area contributed by atoms with Gasteiger partial charge in [-0.25, -0.2) is 4.79 Å². The van der Waals surface area contributed by atoms with Crippen LogP contribution in [0.4, 0.5) is 10.5 Å². The van der Waals surface area contributed by atoms with Crippen molar-refractivity contribution in [1.29, 1.82) is 0 Å². The number of urea groups is 1. The van der Waals surface area contributed by atoms with Gasteiger partial charge in [-0.3, -0.25) is 9.88 Å². The fourth-order valence-corrected chi connectivity index (χ4v) is 4.67. The normalized spacial score (nSPS) is 13.7. The van der Waals surface area contributed by atoms with E-state index in [0.717, 1.165) is 45.6 Å². The zero-order valence-electron chi connectivity index (χ0n) is 21.6. The molecule has 2 N–H and O–H groups in total. The number of aromatic nitrogens is 1. The molecule has 196 valence electrons. The van der Waals surface area contributed by atoms with Gasteiger partial charge in [0.2, 0.25) is 0 Å². The lowest BCUT2D eigenvalue weighted by Gasteiger charge is -2.26. The lowest BCUT2D eigenvalue weighted by molar-refractivity contribution is 0.183. The van der Waals surface area contributed by atoms with Crippen molar-refractivity contribution in [3.8, 4) is 11.5 Å². The van der Waals surface area contributed by atoms with Crippen molar-refractivity contribution in [1.82, 2.24) is 15.2 Å². The number of nitrogens with zero attached hydrogens (tertiary/aromatic N) is 2. The summed E-state index contributed by atoms with van der Waals surface area (Å²) in [6, 6.07) is 23.3. The van der Waals surface area contributed by atoms with E-state index < -0.39 is 0 Å². The number of nitrogens with one attached hydrogen (secondary N) is 2. The summed E-state index contributed by atoms with van der Waals surface area (Å²) in [4.78, 5) is 19.0. The van der Waals surface area contributed by atoms with Gasteiger partial charge in [0, 0.05) is 36.3 Å². The number of benzene rings is 3. The Hall–Kier alpha value is -4.10. The van der Waals surface area contributed by atoms with Gasteiger partial charge in [0.15, 0.2) is 0 Å². The van der Waals surface area contributed by atoms with Gasteiger partial charge in [-0.1, -0.05) is 42.8 Å². The van der Waals surface area contributed by atoms with Crippen molar-refractivity contribution >= 4 is 22.5 Å². The third-order valence-electron chi connectivity index (χ3n) is 6.78. The maximum absolute atomic E-state index is 12.5. The van der Waals surface area contributed by atoms with Crippen molar-refractivity contribution in [3.63, 3.8) is 0 Å². The number of hydrogen-bond donors (Lipinski definition) is 2. The minimum atomic E-state index is -0.265. The molecule has 7 heteroatoms. The van der Waals surface area contributed by atoms with E-state index in [-0.39, 0.29) is 6.03 Å². The fourth-order valence-electron chi connectivity index (χ4n) is 4.67. The average molecular weight is 511 g/mol. The lowest BCUT2D eigenvalue weighted by Crippen LogP contribution is -2.33. The van der Waals surface area contributed by atoms with E-state index in [1.54, 1.807) is 12.4 Å². The zero-order valence-corrected chi connectivity index (χ0v) is 21.6. The molecule has 1 fully saturated rings. The van der Waals surface area contributed by atoms with Crippen LogP contribution in [0.5, 0.6) is 11.5 Å². The Morgan fingerprint density at radius 3 is 2.37 bits per heavy atom. The van der Waals surface area contributed by atoms with Crippen molar-refractivity contribution in [2.24, 2.45) is 0 Å². The molecule has 1 aliphatic rings. The number of carbonyl (C=O) groups excluding carboxylic acids is 1. The van der Waals surface area contributed by atoms with E-state index in [2.05, 4.69) is 20.5 Å². The Morgan fingerprint density at radius 2 is 1.58 bits per heavy atom. The number of likely N-dealkylation sites (tertiary alicyclic amines) is 1. The Morgan fingerprint density at radius 1 is 0.816 bits per heavy atom. The molecule has 1 aromatic heterocycles. The molecule has 7 nitrogen and oxygen atoms in total. The van der Waals surface area contributed by atoms with Crippen LogP contribution < -0.4 is 20.1 Å². The second kappa shape index (κ2) is 12.9. The van der Waals surface area contributed by atoms with Gasteiger partial charge < -0.3 is 20.1 Å². The fraction of sp³-hybridized carbons (Fsp3) is 0.290. The summed E-state index contributed by atoms with van der Waals surface area (Å²) in [7, 11) is 0. The quantitative estimate of drug-likeness (QED) is 0.274. The monoisotopic (exact) mass is 510 g/mol. The molecule has 1 saturated heterocycles. The second-order valence-electron chi connectivity index (χ2n) is 9.50. The summed E-state index contributed by atoms with van der Waals surface area (Å²) >= 11 is 0. The third-order valence-corrected chi connectivity index (χ3v) is 6.78. The molecule has 5 rings (SSSR count). The van der Waals surface area contributed by atoms with E-state index in [4.69, 9.17) is 9.47 Å². The molecule has 0 saturated carbocycles. The van der Waals surface area contributed by atoms with Gasteiger partial charge in [0.25, 0.3) is 0 Å². The topological polar surface area (TPSA) is 75.7 Å². The maximum Gasteiger partial charge on any atom is 0.319 e. The number of fused-ring (bicyclic) bond motifs is 1. The minimum absolute atomic E-state index is 0.265. The number of piperidine rings is 1. The molecule has 3 aromatic carbocycles. The van der Waals surface area contributed by atoms with E-state index in [9.17, 15) is 4.79 Å². The summed E-state index contributed by atoms with van der Waals surface area (Å²) in [6.45, 7) is 4.93. The number of hydrogen-bond acceptors (Lipinski definition) is 5. The number of anilines is 1. The molecule has 0 spiro atoms. The van der Waals surface area contributed by atoms with Crippen LogP contribution in [-0.2, 0) is 13.2 Å². The van der Waals surface area contributed by atoms with E-state index in [1.165, 1.54) is 32.4 Å². The zero-order chi connectivity index (χ0) is 26.0. The molecular weight excluding hydrogens is 476 g/mol. The number of pyridine rings is 1. The van der Waals surface area contributed by atoms with Crippen molar-refractivity contribution in [2.45, 2.75) is 32.4 Å². The van der Waals surface area contributed by atoms with Crippen molar-refractivity contribution in [2.75, 3.05) is 31.6 Å². The number of ether oxygens (including phenoxy) is 2. The molecule has 0 aliphatic carbocycles. The minimum Gasteiger partial charge on any atom is -0.492 e. The van der Waals surface area contributed by atoms with Crippen molar-refractivity contribution in [3.05, 3.63) is 96.3 Å². The summed E-state index contributed by atoms with van der Waals surface area (Å²) in [5.41, 5.74) is 2.78. The van der Waals surface area contributed by atoms with E-state index in [0.29, 0.717) is 19.8 Å². The van der Waals surface area contributed by atoms with Gasteiger partial charge in [0.05, 0.1) is 5.69 Å². The van der Waals surface area contributed by atoms with E-state index >= 15 is 0 Å². The third kappa shape index (κ3) is 7.01. The van der Waals surface area contributed by atoms with Gasteiger partial charge >= 0.3 is 6.03 Å². The standard InChI is InChI=1S/C31H34N4O3/c36-31(33-22-24-14-16-32-17-15-24)34-29-12-13-30(28-7-3-2-6-27(28)29)38-23-25-8-10-26(11-9-25)37-21-20-35-18-4-1-5-19-35/h2-3,6-17H,1,4-5,18-23H2,(H2,33,34,36). The van der Waals surface area contributed by atoms with Crippen LogP contribution in [0.2, 0.25) is 0 Å². The number of amides is 2. The van der Waals surface area contributed by atoms with Crippen LogP contribution in [0, 0.1) is 0 Å². The Kier molecular flexibility index (Phi) is 8.69. The van der Waals surface area contributed by atoms with Crippen LogP contribution in [0.25, 0.3) is 10.8 Å². The van der Waals surface area contributed by atoms with Gasteiger partial charge in [0.1, 0.15) is 24.7 Å². The SMILES string of the molecule is O=C(NCc1ccncc1)Nc1ccc(OCc2ccc(OCCN3CCCCC3)cc2)c2ccccc12. The molecule has 0 radical (unpaired) electrons. The molecule has 2 heterocycles. The highest BCUT2D eigenvalue weighted by Crippen LogP contribution is 2.32. The van der Waals surface area contributed by atoms with E-state index in [1.807, 2.05) is 72.8 Å². The van der Waals surface area contributed by atoms with Crippen molar-refractivity contribution < 1.29 is 14.3 Å². The second-order valence-corrected chi connectivity index (χ2v) is 9.50. The molecule has 2 amide bonds. The number of rotatable bonds is 10. The maximum atomic E-state index is 12.5. The van der Waals surface area contributed by atoms with Crippen LogP contribution in [-0.4, -0.2) is 42.2 Å². The Bertz CT molecular complexity index is 1320. The Labute approximate surface area is 223 Å². The first-order chi connectivity index (χ1) is 18.7. The average Bonchev–Trinajstić information content (AvgIpc) is 2.97. The first-order valence-electron chi connectivity index (χ1n) is 13.3. The predicted octanol–water partition coefficient (Wildman–Crippen LogP) is 6.00. The highest BCUT2D eigenvalue weighted by molar-refractivity contribution is 6.03. The van der Waals surface area contributed by atoms with Crippen LogP contribution in [0.3, 0.4) is 0 Å². The molecule has 0 atom stereocenters. The molecule has 38 heavy (non-hydrogen) atoms.